The lowest BCUT2D eigenvalue weighted by Gasteiger charge is -2.33. The highest BCUT2D eigenvalue weighted by Crippen LogP contribution is 2.48. The van der Waals surface area contributed by atoms with Crippen molar-refractivity contribution in [2.75, 3.05) is 0 Å². The van der Waals surface area contributed by atoms with E-state index >= 15 is 0 Å². The second-order valence-electron chi connectivity index (χ2n) is 4.83. The SMILES string of the molecule is C=C[C@]1(c2ccccc2)C(=O)CC[C@]1(C)[N+](=O)[O-]. The number of nitro groups is 1. The molecule has 0 spiro atoms. The van der Waals surface area contributed by atoms with Crippen LogP contribution in [-0.4, -0.2) is 16.2 Å². The minimum absolute atomic E-state index is 0.122. The van der Waals surface area contributed by atoms with Gasteiger partial charge in [0, 0.05) is 24.7 Å². The van der Waals surface area contributed by atoms with Gasteiger partial charge in [0.2, 0.25) is 5.54 Å². The second-order valence-corrected chi connectivity index (χ2v) is 4.83. The Morgan fingerprint density at radius 1 is 1.39 bits per heavy atom. The highest BCUT2D eigenvalue weighted by atomic mass is 16.6. The molecular weight excluding hydrogens is 230 g/mol. The third kappa shape index (κ3) is 1.35. The van der Waals surface area contributed by atoms with Gasteiger partial charge in [0.05, 0.1) is 0 Å². The number of Topliss-reactive ketones (excluding diaryl/α,β-unsaturated/α-hetero) is 1. The molecule has 4 nitrogen and oxygen atoms in total. The van der Waals surface area contributed by atoms with Gasteiger partial charge < -0.3 is 0 Å². The van der Waals surface area contributed by atoms with E-state index < -0.39 is 11.0 Å². The van der Waals surface area contributed by atoms with Crippen LogP contribution in [-0.2, 0) is 10.2 Å². The largest absolute Gasteiger partial charge is 0.298 e. The molecule has 0 saturated heterocycles. The highest BCUT2D eigenvalue weighted by Gasteiger charge is 2.65. The van der Waals surface area contributed by atoms with Crippen LogP contribution < -0.4 is 0 Å². The van der Waals surface area contributed by atoms with E-state index in [1.165, 1.54) is 13.0 Å². The Labute approximate surface area is 105 Å². The maximum atomic E-state index is 12.3. The molecule has 0 aromatic heterocycles. The first-order chi connectivity index (χ1) is 8.49. The van der Waals surface area contributed by atoms with Crippen LogP contribution in [0.3, 0.4) is 0 Å². The van der Waals surface area contributed by atoms with Gasteiger partial charge in [0.25, 0.3) is 0 Å². The predicted molar refractivity (Wildman–Crippen MR) is 68.0 cm³/mol. The molecule has 0 unspecified atom stereocenters. The summed E-state index contributed by atoms with van der Waals surface area (Å²) in [6.07, 6.45) is 1.92. The van der Waals surface area contributed by atoms with Crippen molar-refractivity contribution in [3.63, 3.8) is 0 Å². The van der Waals surface area contributed by atoms with Crippen molar-refractivity contribution in [2.24, 2.45) is 0 Å². The zero-order valence-corrected chi connectivity index (χ0v) is 10.3. The first kappa shape index (κ1) is 12.5. The highest BCUT2D eigenvalue weighted by molar-refractivity contribution is 5.96. The van der Waals surface area contributed by atoms with Crippen molar-refractivity contribution in [1.82, 2.24) is 0 Å². The number of nitrogens with zero attached hydrogens (tertiary/aromatic N) is 1. The summed E-state index contributed by atoms with van der Waals surface area (Å²) >= 11 is 0. The van der Waals surface area contributed by atoms with Gasteiger partial charge in [-0.2, -0.15) is 0 Å². The Kier molecular flexibility index (Phi) is 2.81. The molecule has 1 aromatic rings. The van der Waals surface area contributed by atoms with Gasteiger partial charge in [0.1, 0.15) is 5.41 Å². The maximum Gasteiger partial charge on any atom is 0.239 e. The molecular formula is C14H15NO3. The molecule has 1 aliphatic carbocycles. The Morgan fingerprint density at radius 2 is 2.00 bits per heavy atom. The summed E-state index contributed by atoms with van der Waals surface area (Å²) in [6, 6.07) is 8.90. The van der Waals surface area contributed by atoms with Crippen LogP contribution in [0.5, 0.6) is 0 Å². The molecule has 2 rings (SSSR count). The number of carbonyl (C=O) groups is 1. The minimum atomic E-state index is -1.31. The standard InChI is InChI=1S/C14H15NO3/c1-3-14(11-7-5-4-6-8-11)12(16)9-10-13(14,2)15(17)18/h3-8H,1,9-10H2,2H3/t13-,14-/m0/s1. The Hall–Kier alpha value is -1.97. The lowest BCUT2D eigenvalue weighted by molar-refractivity contribution is -0.571. The van der Waals surface area contributed by atoms with Crippen LogP contribution in [0.1, 0.15) is 25.3 Å². The quantitative estimate of drug-likeness (QED) is 0.467. The zero-order valence-electron chi connectivity index (χ0n) is 10.3. The van der Waals surface area contributed by atoms with Gasteiger partial charge in [-0.05, 0) is 5.56 Å². The molecule has 0 aliphatic heterocycles. The molecule has 0 N–H and O–H groups in total. The maximum absolute atomic E-state index is 12.3. The zero-order chi connectivity index (χ0) is 13.4. The summed E-state index contributed by atoms with van der Waals surface area (Å²) in [4.78, 5) is 23.4. The van der Waals surface area contributed by atoms with E-state index in [0.29, 0.717) is 5.56 Å². The first-order valence-electron chi connectivity index (χ1n) is 5.86. The van der Waals surface area contributed by atoms with E-state index in [0.717, 1.165) is 0 Å². The van der Waals surface area contributed by atoms with Crippen LogP contribution >= 0.6 is 0 Å². The molecule has 1 saturated carbocycles. The number of rotatable bonds is 3. The Bertz CT molecular complexity index is 511. The Balaban J connectivity index is 2.70. The molecule has 0 radical (unpaired) electrons. The Morgan fingerprint density at radius 3 is 2.50 bits per heavy atom. The molecule has 1 aromatic carbocycles. The molecule has 2 atom stereocenters. The van der Waals surface area contributed by atoms with Crippen LogP contribution in [0.25, 0.3) is 0 Å². The smallest absolute Gasteiger partial charge is 0.239 e. The molecule has 4 heteroatoms. The van der Waals surface area contributed by atoms with Crippen LogP contribution in [0.2, 0.25) is 0 Å². The lowest BCUT2D eigenvalue weighted by Crippen LogP contribution is -2.52. The monoisotopic (exact) mass is 245 g/mol. The summed E-state index contributed by atoms with van der Waals surface area (Å²) in [5.41, 5.74) is -1.87. The number of hydrogen-bond donors (Lipinski definition) is 0. The van der Waals surface area contributed by atoms with Gasteiger partial charge in [-0.1, -0.05) is 36.4 Å². The number of ketones is 1. The predicted octanol–water partition coefficient (Wildman–Crippen LogP) is 2.51. The second kappa shape index (κ2) is 4.05. The molecule has 18 heavy (non-hydrogen) atoms. The average molecular weight is 245 g/mol. The van der Waals surface area contributed by atoms with Gasteiger partial charge >= 0.3 is 0 Å². The van der Waals surface area contributed by atoms with Crippen LogP contribution in [0, 0.1) is 10.1 Å². The summed E-state index contributed by atoms with van der Waals surface area (Å²) in [7, 11) is 0. The summed E-state index contributed by atoms with van der Waals surface area (Å²) in [5.74, 6) is -0.122. The minimum Gasteiger partial charge on any atom is -0.298 e. The van der Waals surface area contributed by atoms with E-state index in [4.69, 9.17) is 0 Å². The van der Waals surface area contributed by atoms with Crippen molar-refractivity contribution in [3.8, 4) is 0 Å². The van der Waals surface area contributed by atoms with Gasteiger partial charge in [-0.3, -0.25) is 14.9 Å². The van der Waals surface area contributed by atoms with Crippen molar-refractivity contribution >= 4 is 5.78 Å². The van der Waals surface area contributed by atoms with Crippen LogP contribution in [0.15, 0.2) is 43.0 Å². The van der Waals surface area contributed by atoms with E-state index in [2.05, 4.69) is 6.58 Å². The fourth-order valence-corrected chi connectivity index (χ4v) is 2.91. The third-order valence-electron chi connectivity index (χ3n) is 4.07. The number of benzene rings is 1. The molecule has 94 valence electrons. The van der Waals surface area contributed by atoms with Gasteiger partial charge in [0.15, 0.2) is 5.78 Å². The summed E-state index contributed by atoms with van der Waals surface area (Å²) in [6.45, 7) is 5.23. The van der Waals surface area contributed by atoms with E-state index in [9.17, 15) is 14.9 Å². The van der Waals surface area contributed by atoms with Crippen molar-refractivity contribution in [1.29, 1.82) is 0 Å². The number of carbonyl (C=O) groups excluding carboxylic acids is 1. The molecule has 1 fully saturated rings. The van der Waals surface area contributed by atoms with E-state index in [-0.39, 0.29) is 23.5 Å². The van der Waals surface area contributed by atoms with Gasteiger partial charge in [-0.15, -0.1) is 6.58 Å². The fraction of sp³-hybridized carbons (Fsp3) is 0.357. The topological polar surface area (TPSA) is 60.2 Å². The molecule has 0 heterocycles. The first-order valence-corrected chi connectivity index (χ1v) is 5.86. The summed E-state index contributed by atoms with van der Waals surface area (Å²) < 4.78 is 0. The third-order valence-corrected chi connectivity index (χ3v) is 4.07. The average Bonchev–Trinajstić information content (AvgIpc) is 2.65. The summed E-state index contributed by atoms with van der Waals surface area (Å²) in [5, 5.41) is 11.4. The van der Waals surface area contributed by atoms with Gasteiger partial charge in [-0.25, -0.2) is 0 Å². The van der Waals surface area contributed by atoms with E-state index in [1.54, 1.807) is 24.3 Å². The molecule has 0 bridgehead atoms. The molecule has 0 amide bonds. The number of hydrogen-bond acceptors (Lipinski definition) is 3. The van der Waals surface area contributed by atoms with Crippen molar-refractivity contribution in [3.05, 3.63) is 58.7 Å². The van der Waals surface area contributed by atoms with Crippen LogP contribution in [0.4, 0.5) is 0 Å². The lowest BCUT2D eigenvalue weighted by atomic mass is 9.68. The van der Waals surface area contributed by atoms with Crippen molar-refractivity contribution in [2.45, 2.75) is 30.7 Å². The molecule has 1 aliphatic rings. The van der Waals surface area contributed by atoms with E-state index in [1.807, 2.05) is 6.07 Å². The fourth-order valence-electron chi connectivity index (χ4n) is 2.91. The van der Waals surface area contributed by atoms with Crippen molar-refractivity contribution < 1.29 is 9.72 Å². The normalized spacial score (nSPS) is 31.3.